The van der Waals surface area contributed by atoms with Crippen molar-refractivity contribution in [2.75, 3.05) is 6.61 Å². The first-order valence-corrected chi connectivity index (χ1v) is 6.40. The lowest BCUT2D eigenvalue weighted by atomic mass is 9.86. The number of ether oxygens (including phenoxy) is 1. The number of rotatable bonds is 7. The number of halogens is 1. The molecule has 110 valence electrons. The molecule has 1 N–H and O–H groups in total. The van der Waals surface area contributed by atoms with Crippen LogP contribution in [0.2, 0.25) is 0 Å². The molecule has 0 bridgehead atoms. The second-order valence-corrected chi connectivity index (χ2v) is 5.51. The number of carboxylic acid groups (broad SMARTS) is 1. The van der Waals surface area contributed by atoms with Crippen molar-refractivity contribution in [1.82, 2.24) is 0 Å². The summed E-state index contributed by atoms with van der Waals surface area (Å²) in [6.07, 6.45) is 0.386. The number of hydrogen-bond acceptors (Lipinski definition) is 3. The molecule has 0 fully saturated rings. The van der Waals surface area contributed by atoms with Gasteiger partial charge >= 0.3 is 11.9 Å². The van der Waals surface area contributed by atoms with Crippen molar-refractivity contribution in [1.29, 1.82) is 0 Å². The Morgan fingerprint density at radius 2 is 2.00 bits per heavy atom. The van der Waals surface area contributed by atoms with Crippen LogP contribution in [0.1, 0.15) is 32.3 Å². The minimum atomic E-state index is -0.942. The zero-order valence-electron chi connectivity index (χ0n) is 11.7. The molecule has 20 heavy (non-hydrogen) atoms. The number of hydrogen-bond donors (Lipinski definition) is 1. The maximum Gasteiger partial charge on any atom is 0.306 e. The Kier molecular flexibility index (Phi) is 5.67. The molecule has 5 heteroatoms. The smallest absolute Gasteiger partial charge is 0.306 e. The Morgan fingerprint density at radius 3 is 2.60 bits per heavy atom. The van der Waals surface area contributed by atoms with E-state index in [1.807, 2.05) is 0 Å². The molecule has 0 amide bonds. The number of benzene rings is 1. The third-order valence-electron chi connectivity index (χ3n) is 2.80. The predicted octanol–water partition coefficient (Wildman–Crippen LogP) is 2.80. The first-order valence-electron chi connectivity index (χ1n) is 6.40. The molecular weight excluding hydrogens is 263 g/mol. The average Bonchev–Trinajstić information content (AvgIpc) is 2.26. The third kappa shape index (κ3) is 6.31. The molecule has 0 aliphatic heterocycles. The van der Waals surface area contributed by atoms with Crippen LogP contribution < -0.4 is 0 Å². The van der Waals surface area contributed by atoms with Crippen LogP contribution in [0.4, 0.5) is 4.39 Å². The Labute approximate surface area is 117 Å². The van der Waals surface area contributed by atoms with Gasteiger partial charge in [-0.05, 0) is 23.1 Å². The van der Waals surface area contributed by atoms with Crippen LogP contribution in [0.3, 0.4) is 0 Å². The van der Waals surface area contributed by atoms with Crippen LogP contribution in [-0.2, 0) is 20.7 Å². The van der Waals surface area contributed by atoms with Gasteiger partial charge in [0.25, 0.3) is 0 Å². The van der Waals surface area contributed by atoms with E-state index in [-0.39, 0.29) is 25.3 Å². The van der Waals surface area contributed by atoms with E-state index in [1.165, 1.54) is 12.1 Å². The molecule has 0 saturated heterocycles. The minimum Gasteiger partial charge on any atom is -0.481 e. The molecule has 4 nitrogen and oxygen atoms in total. The number of aliphatic carboxylic acids is 1. The highest BCUT2D eigenvalue weighted by molar-refractivity contribution is 5.73. The van der Waals surface area contributed by atoms with E-state index < -0.39 is 17.4 Å². The van der Waals surface area contributed by atoms with Crippen molar-refractivity contribution in [3.05, 3.63) is 35.6 Å². The molecule has 0 aliphatic carbocycles. The van der Waals surface area contributed by atoms with Crippen LogP contribution in [-0.4, -0.2) is 23.7 Å². The summed E-state index contributed by atoms with van der Waals surface area (Å²) in [5, 5.41) is 8.73. The van der Waals surface area contributed by atoms with Gasteiger partial charge in [-0.15, -0.1) is 0 Å². The molecule has 1 aromatic carbocycles. The molecule has 0 saturated carbocycles. The van der Waals surface area contributed by atoms with Crippen molar-refractivity contribution in [3.8, 4) is 0 Å². The Balaban J connectivity index is 2.35. The van der Waals surface area contributed by atoms with E-state index in [1.54, 1.807) is 26.0 Å². The van der Waals surface area contributed by atoms with Gasteiger partial charge in [-0.3, -0.25) is 9.59 Å². The number of carbonyl (C=O) groups is 2. The Hall–Kier alpha value is -1.91. The first-order chi connectivity index (χ1) is 9.28. The summed E-state index contributed by atoms with van der Waals surface area (Å²) in [4.78, 5) is 22.2. The van der Waals surface area contributed by atoms with E-state index in [4.69, 9.17) is 9.84 Å². The lowest BCUT2D eigenvalue weighted by molar-refractivity contribution is -0.147. The van der Waals surface area contributed by atoms with Crippen molar-refractivity contribution < 1.29 is 23.8 Å². The van der Waals surface area contributed by atoms with E-state index in [9.17, 15) is 14.0 Å². The summed E-state index contributed by atoms with van der Waals surface area (Å²) >= 11 is 0. The SMILES string of the molecule is CC(C)(CC(=O)O)CC(=O)OCCc1cccc(F)c1. The molecule has 1 rings (SSSR count). The fourth-order valence-corrected chi connectivity index (χ4v) is 1.89. The van der Waals surface area contributed by atoms with Gasteiger partial charge in [0, 0.05) is 6.42 Å². The average molecular weight is 282 g/mol. The van der Waals surface area contributed by atoms with E-state index in [2.05, 4.69) is 0 Å². The Bertz CT molecular complexity index is 483. The van der Waals surface area contributed by atoms with Crippen LogP contribution in [0.25, 0.3) is 0 Å². The fraction of sp³-hybridized carbons (Fsp3) is 0.467. The quantitative estimate of drug-likeness (QED) is 0.781. The highest BCUT2D eigenvalue weighted by Gasteiger charge is 2.25. The molecular formula is C15H19FO4. The lowest BCUT2D eigenvalue weighted by Gasteiger charge is -2.20. The molecule has 1 aromatic rings. The second-order valence-electron chi connectivity index (χ2n) is 5.51. The highest BCUT2D eigenvalue weighted by Crippen LogP contribution is 2.25. The largest absolute Gasteiger partial charge is 0.481 e. The minimum absolute atomic E-state index is 0.0441. The van der Waals surface area contributed by atoms with Gasteiger partial charge in [0.2, 0.25) is 0 Å². The predicted molar refractivity (Wildman–Crippen MR) is 71.7 cm³/mol. The lowest BCUT2D eigenvalue weighted by Crippen LogP contribution is -2.22. The van der Waals surface area contributed by atoms with Gasteiger partial charge in [-0.2, -0.15) is 0 Å². The third-order valence-corrected chi connectivity index (χ3v) is 2.80. The monoisotopic (exact) mass is 282 g/mol. The van der Waals surface area contributed by atoms with Crippen LogP contribution in [0.15, 0.2) is 24.3 Å². The van der Waals surface area contributed by atoms with E-state index >= 15 is 0 Å². The van der Waals surface area contributed by atoms with Gasteiger partial charge in [0.15, 0.2) is 0 Å². The Morgan fingerprint density at radius 1 is 1.30 bits per heavy atom. The number of esters is 1. The molecule has 0 heterocycles. The topological polar surface area (TPSA) is 63.6 Å². The molecule has 0 aliphatic rings. The zero-order valence-corrected chi connectivity index (χ0v) is 11.7. The standard InChI is InChI=1S/C15H19FO4/c1-15(2,9-13(17)18)10-14(19)20-7-6-11-4-3-5-12(16)8-11/h3-5,8H,6-7,9-10H2,1-2H3,(H,17,18). The van der Waals surface area contributed by atoms with Gasteiger partial charge in [0.05, 0.1) is 19.4 Å². The second kappa shape index (κ2) is 7.03. The molecule has 0 aromatic heterocycles. The molecule has 0 radical (unpaired) electrons. The first kappa shape index (κ1) is 16.1. The molecule has 0 unspecified atom stereocenters. The summed E-state index contributed by atoms with van der Waals surface area (Å²) in [6.45, 7) is 3.56. The van der Waals surface area contributed by atoms with Gasteiger partial charge in [0.1, 0.15) is 5.82 Å². The van der Waals surface area contributed by atoms with E-state index in [0.717, 1.165) is 5.56 Å². The summed E-state index contributed by atoms with van der Waals surface area (Å²) in [5.74, 6) is -1.70. The number of carboxylic acids is 1. The van der Waals surface area contributed by atoms with Gasteiger partial charge in [-0.25, -0.2) is 4.39 Å². The summed E-state index contributed by atoms with van der Waals surface area (Å²) in [5.41, 5.74) is 0.115. The van der Waals surface area contributed by atoms with Crippen molar-refractivity contribution in [2.24, 2.45) is 5.41 Å². The molecule has 0 spiro atoms. The summed E-state index contributed by atoms with van der Waals surface area (Å²) < 4.78 is 18.0. The normalized spacial score (nSPS) is 11.2. The maximum absolute atomic E-state index is 12.9. The van der Waals surface area contributed by atoms with Crippen LogP contribution in [0, 0.1) is 11.2 Å². The molecule has 0 atom stereocenters. The van der Waals surface area contributed by atoms with Gasteiger partial charge in [-0.1, -0.05) is 26.0 Å². The summed E-state index contributed by atoms with van der Waals surface area (Å²) in [6, 6.07) is 6.10. The van der Waals surface area contributed by atoms with Crippen molar-refractivity contribution >= 4 is 11.9 Å². The van der Waals surface area contributed by atoms with E-state index in [0.29, 0.717) is 6.42 Å². The maximum atomic E-state index is 12.9. The van der Waals surface area contributed by atoms with Crippen molar-refractivity contribution in [2.45, 2.75) is 33.1 Å². The zero-order chi connectivity index (χ0) is 15.2. The number of carbonyl (C=O) groups excluding carboxylic acids is 1. The van der Waals surface area contributed by atoms with Crippen molar-refractivity contribution in [3.63, 3.8) is 0 Å². The highest BCUT2D eigenvalue weighted by atomic mass is 19.1. The van der Waals surface area contributed by atoms with Gasteiger partial charge < -0.3 is 9.84 Å². The summed E-state index contributed by atoms with van der Waals surface area (Å²) in [7, 11) is 0. The van der Waals surface area contributed by atoms with Crippen LogP contribution >= 0.6 is 0 Å². The fourth-order valence-electron chi connectivity index (χ4n) is 1.89. The van der Waals surface area contributed by atoms with Crippen LogP contribution in [0.5, 0.6) is 0 Å².